The quantitative estimate of drug-likeness (QED) is 0.454. The van der Waals surface area contributed by atoms with Crippen LogP contribution in [0.15, 0.2) is 34.9 Å². The Balaban J connectivity index is 2.25. The van der Waals surface area contributed by atoms with Crippen molar-refractivity contribution in [3.8, 4) is 0 Å². The van der Waals surface area contributed by atoms with Crippen LogP contribution in [0.1, 0.15) is 17.3 Å². The third-order valence-corrected chi connectivity index (χ3v) is 4.19. The molecule has 6 heteroatoms. The first kappa shape index (κ1) is 14.0. The van der Waals surface area contributed by atoms with Crippen molar-refractivity contribution in [2.24, 2.45) is 12.9 Å². The molecule has 4 nitrogen and oxygen atoms in total. The highest BCUT2D eigenvalue weighted by molar-refractivity contribution is 14.1. The molecule has 1 atom stereocenters. The van der Waals surface area contributed by atoms with Gasteiger partial charge in [0, 0.05) is 27.7 Å². The molecule has 0 aliphatic carbocycles. The number of hydrogen-bond acceptors (Lipinski definition) is 3. The first-order valence-electron chi connectivity index (χ1n) is 5.49. The van der Waals surface area contributed by atoms with E-state index in [0.29, 0.717) is 0 Å². The largest absolute Gasteiger partial charge is 0.276 e. The average molecular weight is 421 g/mol. The van der Waals surface area contributed by atoms with Crippen LogP contribution in [0.25, 0.3) is 0 Å². The molecule has 0 aliphatic heterocycles. The minimum atomic E-state index is 0.0595. The number of nitrogens with zero attached hydrogens (tertiary/aromatic N) is 2. The van der Waals surface area contributed by atoms with E-state index in [1.165, 1.54) is 9.13 Å². The summed E-state index contributed by atoms with van der Waals surface area (Å²) in [6.07, 6.45) is 2.71. The number of aryl methyl sites for hydroxylation is 1. The summed E-state index contributed by atoms with van der Waals surface area (Å²) in [5.74, 6) is 5.68. The van der Waals surface area contributed by atoms with Crippen molar-refractivity contribution in [1.29, 1.82) is 0 Å². The normalized spacial score (nSPS) is 12.7. The number of aromatic nitrogens is 2. The summed E-state index contributed by atoms with van der Waals surface area (Å²) in [5.41, 5.74) is 5.07. The molecular formula is C12H14BrIN4. The van der Waals surface area contributed by atoms with E-state index in [9.17, 15) is 0 Å². The van der Waals surface area contributed by atoms with Crippen molar-refractivity contribution in [2.45, 2.75) is 12.5 Å². The van der Waals surface area contributed by atoms with Crippen LogP contribution in [0.3, 0.4) is 0 Å². The molecule has 1 aromatic heterocycles. The molecule has 0 aliphatic rings. The molecule has 2 aromatic rings. The topological polar surface area (TPSA) is 55.9 Å². The van der Waals surface area contributed by atoms with Gasteiger partial charge in [0.05, 0.1) is 11.7 Å². The molecule has 2 rings (SSSR count). The Labute approximate surface area is 128 Å². The Hall–Kier alpha value is -0.440. The van der Waals surface area contributed by atoms with Gasteiger partial charge in [-0.1, -0.05) is 15.9 Å². The Bertz CT molecular complexity index is 541. The fourth-order valence-corrected chi connectivity index (χ4v) is 2.91. The Morgan fingerprint density at radius 2 is 2.28 bits per heavy atom. The second kappa shape index (κ2) is 6.14. The summed E-state index contributed by atoms with van der Waals surface area (Å²) in [5, 5.41) is 4.38. The number of rotatable bonds is 4. The van der Waals surface area contributed by atoms with Crippen molar-refractivity contribution in [3.63, 3.8) is 0 Å². The van der Waals surface area contributed by atoms with Gasteiger partial charge in [-0.3, -0.25) is 16.0 Å². The highest BCUT2D eigenvalue weighted by Gasteiger charge is 2.15. The molecule has 18 heavy (non-hydrogen) atoms. The van der Waals surface area contributed by atoms with E-state index in [4.69, 9.17) is 5.84 Å². The van der Waals surface area contributed by atoms with Crippen LogP contribution in [0, 0.1) is 3.57 Å². The molecular weight excluding hydrogens is 407 g/mol. The maximum atomic E-state index is 5.68. The lowest BCUT2D eigenvalue weighted by atomic mass is 10.0. The summed E-state index contributed by atoms with van der Waals surface area (Å²) in [7, 11) is 1.91. The molecule has 0 saturated heterocycles. The Morgan fingerprint density at radius 3 is 2.89 bits per heavy atom. The second-order valence-electron chi connectivity index (χ2n) is 4.07. The first-order valence-corrected chi connectivity index (χ1v) is 7.37. The molecule has 0 fully saturated rings. The van der Waals surface area contributed by atoms with Crippen LogP contribution < -0.4 is 11.3 Å². The van der Waals surface area contributed by atoms with Gasteiger partial charge >= 0.3 is 0 Å². The van der Waals surface area contributed by atoms with Crippen LogP contribution in [0.5, 0.6) is 0 Å². The third-order valence-electron chi connectivity index (χ3n) is 2.72. The van der Waals surface area contributed by atoms with Gasteiger partial charge in [0.15, 0.2) is 0 Å². The van der Waals surface area contributed by atoms with Gasteiger partial charge in [-0.2, -0.15) is 5.10 Å². The highest BCUT2D eigenvalue weighted by Crippen LogP contribution is 2.25. The van der Waals surface area contributed by atoms with Crippen molar-refractivity contribution < 1.29 is 0 Å². The van der Waals surface area contributed by atoms with Gasteiger partial charge < -0.3 is 0 Å². The van der Waals surface area contributed by atoms with Crippen molar-refractivity contribution in [2.75, 3.05) is 0 Å². The minimum Gasteiger partial charge on any atom is -0.276 e. The number of nitrogens with one attached hydrogen (secondary N) is 1. The standard InChI is InChI=1S/C12H14BrIN4/c1-18-5-4-9(17-18)7-12(16-15)10-6-8(13)2-3-11(10)14/h2-6,12,16H,7,15H2,1H3. The molecule has 0 spiro atoms. The number of hydrazine groups is 1. The fraction of sp³-hybridized carbons (Fsp3) is 0.250. The predicted octanol–water partition coefficient (Wildman–Crippen LogP) is 2.53. The lowest BCUT2D eigenvalue weighted by Gasteiger charge is -2.17. The van der Waals surface area contributed by atoms with E-state index in [-0.39, 0.29) is 6.04 Å². The summed E-state index contributed by atoms with van der Waals surface area (Å²) in [6.45, 7) is 0. The number of benzene rings is 1. The molecule has 0 amide bonds. The zero-order chi connectivity index (χ0) is 13.1. The van der Waals surface area contributed by atoms with E-state index in [2.05, 4.69) is 61.2 Å². The van der Waals surface area contributed by atoms with Crippen LogP contribution in [0.2, 0.25) is 0 Å². The third kappa shape index (κ3) is 3.31. The first-order chi connectivity index (χ1) is 8.60. The fourth-order valence-electron chi connectivity index (χ4n) is 1.82. The zero-order valence-electron chi connectivity index (χ0n) is 9.90. The molecule has 0 saturated carbocycles. The Morgan fingerprint density at radius 1 is 1.50 bits per heavy atom. The van der Waals surface area contributed by atoms with Crippen LogP contribution >= 0.6 is 38.5 Å². The van der Waals surface area contributed by atoms with E-state index >= 15 is 0 Å². The number of hydrogen-bond donors (Lipinski definition) is 2. The van der Waals surface area contributed by atoms with Gasteiger partial charge in [-0.05, 0) is 52.4 Å². The molecule has 0 bridgehead atoms. The maximum Gasteiger partial charge on any atom is 0.0643 e. The lowest BCUT2D eigenvalue weighted by molar-refractivity contribution is 0.539. The van der Waals surface area contributed by atoms with Gasteiger partial charge in [0.2, 0.25) is 0 Å². The highest BCUT2D eigenvalue weighted by atomic mass is 127. The summed E-state index contributed by atoms with van der Waals surface area (Å²) in [6, 6.07) is 8.26. The van der Waals surface area contributed by atoms with Gasteiger partial charge in [-0.25, -0.2) is 0 Å². The van der Waals surface area contributed by atoms with E-state index in [0.717, 1.165) is 16.6 Å². The second-order valence-corrected chi connectivity index (χ2v) is 6.15. The monoisotopic (exact) mass is 420 g/mol. The lowest BCUT2D eigenvalue weighted by Crippen LogP contribution is -2.30. The smallest absolute Gasteiger partial charge is 0.0643 e. The number of halogens is 2. The minimum absolute atomic E-state index is 0.0595. The molecule has 3 N–H and O–H groups in total. The van der Waals surface area contributed by atoms with Crippen LogP contribution in [-0.4, -0.2) is 9.78 Å². The molecule has 1 aromatic carbocycles. The van der Waals surface area contributed by atoms with Gasteiger partial charge in [0.25, 0.3) is 0 Å². The zero-order valence-corrected chi connectivity index (χ0v) is 13.6. The summed E-state index contributed by atoms with van der Waals surface area (Å²) < 4.78 is 4.04. The van der Waals surface area contributed by atoms with Gasteiger partial charge in [-0.15, -0.1) is 0 Å². The van der Waals surface area contributed by atoms with Crippen LogP contribution in [-0.2, 0) is 13.5 Å². The molecule has 96 valence electrons. The molecule has 1 unspecified atom stereocenters. The maximum absolute atomic E-state index is 5.68. The van der Waals surface area contributed by atoms with Crippen molar-refractivity contribution in [1.82, 2.24) is 15.2 Å². The summed E-state index contributed by atoms with van der Waals surface area (Å²) >= 11 is 5.81. The number of nitrogens with two attached hydrogens (primary N) is 1. The molecule has 1 heterocycles. The van der Waals surface area contributed by atoms with Crippen LogP contribution in [0.4, 0.5) is 0 Å². The predicted molar refractivity (Wildman–Crippen MR) is 83.8 cm³/mol. The van der Waals surface area contributed by atoms with E-state index in [1.807, 2.05) is 25.4 Å². The van der Waals surface area contributed by atoms with Gasteiger partial charge in [0.1, 0.15) is 0 Å². The van der Waals surface area contributed by atoms with Crippen molar-refractivity contribution in [3.05, 3.63) is 49.8 Å². The van der Waals surface area contributed by atoms with E-state index < -0.39 is 0 Å². The SMILES string of the molecule is Cn1ccc(CC(NN)c2cc(Br)ccc2I)n1. The summed E-state index contributed by atoms with van der Waals surface area (Å²) in [4.78, 5) is 0. The van der Waals surface area contributed by atoms with Crippen molar-refractivity contribution >= 4 is 38.5 Å². The molecule has 0 radical (unpaired) electrons. The van der Waals surface area contributed by atoms with E-state index in [1.54, 1.807) is 4.68 Å². The average Bonchev–Trinajstić information content (AvgIpc) is 2.75. The Kier molecular flexibility index (Phi) is 4.77.